The third-order valence-corrected chi connectivity index (χ3v) is 7.77. The Morgan fingerprint density at radius 2 is 1.82 bits per heavy atom. The molecule has 0 radical (unpaired) electrons. The molecule has 0 bridgehead atoms. The zero-order valence-electron chi connectivity index (χ0n) is 22.9. The summed E-state index contributed by atoms with van der Waals surface area (Å²) in [6.45, 7) is 1.73. The van der Waals surface area contributed by atoms with Gasteiger partial charge in [0.2, 0.25) is 11.8 Å². The molecule has 1 aliphatic heterocycles. The molecule has 210 valence electrons. The van der Waals surface area contributed by atoms with Gasteiger partial charge in [0, 0.05) is 12.5 Å². The highest BCUT2D eigenvalue weighted by atomic mass is 16.5. The van der Waals surface area contributed by atoms with Gasteiger partial charge in [0.15, 0.2) is 0 Å². The van der Waals surface area contributed by atoms with Crippen molar-refractivity contribution in [1.29, 1.82) is 0 Å². The van der Waals surface area contributed by atoms with Gasteiger partial charge in [-0.1, -0.05) is 74.6 Å². The molecular formula is C31H46N2O5. The number of hydrogen-bond acceptors (Lipinski definition) is 5. The van der Waals surface area contributed by atoms with Crippen LogP contribution in [-0.4, -0.2) is 48.2 Å². The van der Waals surface area contributed by atoms with Crippen molar-refractivity contribution in [3.05, 3.63) is 48.0 Å². The van der Waals surface area contributed by atoms with E-state index in [1.807, 2.05) is 42.5 Å². The van der Waals surface area contributed by atoms with Crippen LogP contribution >= 0.6 is 0 Å². The second-order valence-electron chi connectivity index (χ2n) is 11.2. The number of carbonyl (C=O) groups is 3. The maximum atomic E-state index is 13.4. The molecule has 2 aliphatic rings. The topological polar surface area (TPSA) is 105 Å². The first kappa shape index (κ1) is 29.9. The molecule has 7 heteroatoms. The lowest BCUT2D eigenvalue weighted by molar-refractivity contribution is -0.150. The minimum absolute atomic E-state index is 0.0512. The van der Waals surface area contributed by atoms with Gasteiger partial charge in [-0.2, -0.15) is 0 Å². The van der Waals surface area contributed by atoms with Crippen molar-refractivity contribution in [3.8, 4) is 0 Å². The minimum atomic E-state index is -0.518. The number of hydrogen-bond donors (Lipinski definition) is 3. The van der Waals surface area contributed by atoms with Gasteiger partial charge in [-0.3, -0.25) is 14.4 Å². The van der Waals surface area contributed by atoms with Crippen molar-refractivity contribution in [3.63, 3.8) is 0 Å². The van der Waals surface area contributed by atoms with Crippen LogP contribution in [0.3, 0.4) is 0 Å². The van der Waals surface area contributed by atoms with Gasteiger partial charge >= 0.3 is 5.97 Å². The predicted octanol–water partition coefficient (Wildman–Crippen LogP) is 4.48. The van der Waals surface area contributed by atoms with Crippen molar-refractivity contribution < 1.29 is 24.2 Å². The lowest BCUT2D eigenvalue weighted by Crippen LogP contribution is -2.45. The van der Waals surface area contributed by atoms with E-state index < -0.39 is 5.92 Å². The molecule has 7 nitrogen and oxygen atoms in total. The number of amides is 2. The Balaban J connectivity index is 1.73. The normalized spacial score (nSPS) is 25.1. The molecule has 38 heavy (non-hydrogen) atoms. The SMILES string of the molecule is C[C@H](CO)NC(=O)C[C@H]1CC=CCCC[C@H](Cc2ccccc2)C(=O)OC[C@H](CC2CCCCC2)NC1=O. The maximum Gasteiger partial charge on any atom is 0.309 e. The molecule has 1 aliphatic carbocycles. The Kier molecular flexibility index (Phi) is 12.8. The summed E-state index contributed by atoms with van der Waals surface area (Å²) in [7, 11) is 0. The monoisotopic (exact) mass is 526 g/mol. The summed E-state index contributed by atoms with van der Waals surface area (Å²) in [5.41, 5.74) is 1.12. The average Bonchev–Trinajstić information content (AvgIpc) is 2.92. The van der Waals surface area contributed by atoms with Crippen molar-refractivity contribution in [2.24, 2.45) is 17.8 Å². The molecule has 0 unspecified atom stereocenters. The Hall–Kier alpha value is -2.67. The summed E-state index contributed by atoms with van der Waals surface area (Å²) >= 11 is 0. The fourth-order valence-electron chi connectivity index (χ4n) is 5.56. The van der Waals surface area contributed by atoms with Gasteiger partial charge in [0.25, 0.3) is 0 Å². The van der Waals surface area contributed by atoms with Crippen LogP contribution in [0.5, 0.6) is 0 Å². The van der Waals surface area contributed by atoms with Crippen LogP contribution in [0.4, 0.5) is 0 Å². The molecule has 1 heterocycles. The van der Waals surface area contributed by atoms with Crippen LogP contribution < -0.4 is 10.6 Å². The number of benzene rings is 1. The molecule has 2 amide bonds. The molecule has 4 atom stereocenters. The van der Waals surface area contributed by atoms with Crippen LogP contribution in [0.1, 0.15) is 83.1 Å². The van der Waals surface area contributed by atoms with Crippen LogP contribution in [0.2, 0.25) is 0 Å². The van der Waals surface area contributed by atoms with Gasteiger partial charge in [0.1, 0.15) is 6.61 Å². The second-order valence-corrected chi connectivity index (χ2v) is 11.2. The van der Waals surface area contributed by atoms with Gasteiger partial charge in [-0.25, -0.2) is 0 Å². The quantitative estimate of drug-likeness (QED) is 0.342. The standard InChI is InChI=1S/C31H46N2O5/c1-23(21-34)32-29(35)20-26-16-10-2-3-11-17-27(18-24-12-6-4-7-13-24)31(37)38-22-28(33-30(26)36)19-25-14-8-5-9-15-25/h2,4,6-7,10,12-13,23,25-28,34H,3,5,8-9,11,14-22H2,1H3,(H,32,35)(H,33,36)/t23-,26-,27-,28+/m1/s1. The van der Waals surface area contributed by atoms with E-state index in [0.29, 0.717) is 18.8 Å². The van der Waals surface area contributed by atoms with Gasteiger partial charge in [-0.15, -0.1) is 0 Å². The van der Waals surface area contributed by atoms with E-state index in [1.54, 1.807) is 6.92 Å². The lowest BCUT2D eigenvalue weighted by atomic mass is 9.84. The zero-order valence-corrected chi connectivity index (χ0v) is 22.9. The third kappa shape index (κ3) is 10.6. The summed E-state index contributed by atoms with van der Waals surface area (Å²) in [6.07, 6.45) is 14.3. The summed E-state index contributed by atoms with van der Waals surface area (Å²) in [6, 6.07) is 9.41. The summed E-state index contributed by atoms with van der Waals surface area (Å²) < 4.78 is 5.88. The van der Waals surface area contributed by atoms with E-state index in [-0.39, 0.29) is 55.4 Å². The van der Waals surface area contributed by atoms with E-state index in [4.69, 9.17) is 4.74 Å². The highest BCUT2D eigenvalue weighted by molar-refractivity contribution is 5.86. The minimum Gasteiger partial charge on any atom is -0.463 e. The first-order chi connectivity index (χ1) is 18.4. The number of aliphatic hydroxyl groups is 1. The van der Waals surface area contributed by atoms with E-state index in [1.165, 1.54) is 19.3 Å². The van der Waals surface area contributed by atoms with E-state index in [9.17, 15) is 19.5 Å². The Labute approximate surface area is 227 Å². The smallest absolute Gasteiger partial charge is 0.309 e. The first-order valence-electron chi connectivity index (χ1n) is 14.5. The van der Waals surface area contributed by atoms with Gasteiger partial charge in [0.05, 0.1) is 24.5 Å². The Morgan fingerprint density at radius 3 is 2.55 bits per heavy atom. The van der Waals surface area contributed by atoms with Crippen molar-refractivity contribution >= 4 is 17.8 Å². The molecule has 3 N–H and O–H groups in total. The zero-order chi connectivity index (χ0) is 27.2. The summed E-state index contributed by atoms with van der Waals surface area (Å²) in [5.74, 6) is -0.873. The number of carbonyl (C=O) groups excluding carboxylic acids is 3. The van der Waals surface area contributed by atoms with E-state index in [0.717, 1.165) is 44.1 Å². The van der Waals surface area contributed by atoms with E-state index >= 15 is 0 Å². The second kappa shape index (κ2) is 16.3. The Morgan fingerprint density at radius 1 is 1.05 bits per heavy atom. The predicted molar refractivity (Wildman–Crippen MR) is 148 cm³/mol. The highest BCUT2D eigenvalue weighted by Gasteiger charge is 2.28. The van der Waals surface area contributed by atoms with Crippen LogP contribution in [0.15, 0.2) is 42.5 Å². The van der Waals surface area contributed by atoms with Crippen LogP contribution in [0.25, 0.3) is 0 Å². The first-order valence-corrected chi connectivity index (χ1v) is 14.5. The molecule has 1 aromatic rings. The molecule has 0 spiro atoms. The number of aliphatic hydroxyl groups excluding tert-OH is 1. The van der Waals surface area contributed by atoms with Gasteiger partial charge in [-0.05, 0) is 56.9 Å². The van der Waals surface area contributed by atoms with Crippen LogP contribution in [0, 0.1) is 17.8 Å². The molecule has 3 rings (SSSR count). The van der Waals surface area contributed by atoms with Crippen molar-refractivity contribution in [1.82, 2.24) is 10.6 Å². The molecule has 1 fully saturated rings. The van der Waals surface area contributed by atoms with E-state index in [2.05, 4.69) is 10.6 Å². The number of cyclic esters (lactones) is 1. The number of nitrogens with one attached hydrogen (secondary N) is 2. The Bertz CT molecular complexity index is 897. The number of esters is 1. The lowest BCUT2D eigenvalue weighted by Gasteiger charge is -2.29. The molecular weight excluding hydrogens is 480 g/mol. The summed E-state index contributed by atoms with van der Waals surface area (Å²) in [4.78, 5) is 39.2. The largest absolute Gasteiger partial charge is 0.463 e. The molecule has 1 aromatic carbocycles. The van der Waals surface area contributed by atoms with Crippen molar-refractivity contribution in [2.75, 3.05) is 13.2 Å². The number of allylic oxidation sites excluding steroid dienone is 2. The average molecular weight is 527 g/mol. The third-order valence-electron chi connectivity index (χ3n) is 7.77. The fourth-order valence-corrected chi connectivity index (χ4v) is 5.56. The number of rotatable bonds is 8. The molecule has 0 aromatic heterocycles. The van der Waals surface area contributed by atoms with Gasteiger partial charge < -0.3 is 20.5 Å². The molecule has 1 saturated carbocycles. The van der Waals surface area contributed by atoms with Crippen LogP contribution in [-0.2, 0) is 25.5 Å². The fraction of sp³-hybridized carbons (Fsp3) is 0.645. The molecule has 0 saturated heterocycles. The maximum absolute atomic E-state index is 13.4. The number of ether oxygens (including phenoxy) is 1. The summed E-state index contributed by atoms with van der Waals surface area (Å²) in [5, 5.41) is 15.2. The van der Waals surface area contributed by atoms with Crippen molar-refractivity contribution in [2.45, 2.75) is 96.1 Å². The highest BCUT2D eigenvalue weighted by Crippen LogP contribution is 2.28.